The minimum Gasteiger partial charge on any atom is -0.491 e. The number of hydrogen-bond acceptors (Lipinski definition) is 4. The van der Waals surface area contributed by atoms with Crippen LogP contribution in [-0.4, -0.2) is 60.5 Å². The molecule has 28 heavy (non-hydrogen) atoms. The van der Waals surface area contributed by atoms with E-state index in [9.17, 15) is 14.3 Å². The Balaban J connectivity index is 1.30. The lowest BCUT2D eigenvalue weighted by molar-refractivity contribution is 0.0583. The molecule has 6 nitrogen and oxygen atoms in total. The van der Waals surface area contributed by atoms with Crippen LogP contribution in [0.2, 0.25) is 0 Å². The van der Waals surface area contributed by atoms with Crippen LogP contribution in [0, 0.1) is 5.82 Å². The van der Waals surface area contributed by atoms with Crippen LogP contribution in [0.5, 0.6) is 5.75 Å². The van der Waals surface area contributed by atoms with Crippen LogP contribution >= 0.6 is 0 Å². The number of hydrogen-bond donors (Lipinski definition) is 3. The molecule has 1 saturated heterocycles. The van der Waals surface area contributed by atoms with E-state index in [4.69, 9.17) is 4.74 Å². The molecule has 2 amide bonds. The predicted octanol–water partition coefficient (Wildman–Crippen LogP) is 2.66. The lowest BCUT2D eigenvalue weighted by Gasteiger charge is -2.34. The number of carbonyl (C=O) groups excluding carboxylic acids is 1. The molecule has 0 bridgehead atoms. The quantitative estimate of drug-likeness (QED) is 0.666. The highest BCUT2D eigenvalue weighted by Gasteiger charge is 2.23. The van der Waals surface area contributed by atoms with Gasteiger partial charge in [0, 0.05) is 31.7 Å². The first-order chi connectivity index (χ1) is 13.6. The van der Waals surface area contributed by atoms with Gasteiger partial charge in [-0.05, 0) is 49.9 Å². The van der Waals surface area contributed by atoms with Crippen LogP contribution in [0.15, 0.2) is 24.3 Å². The molecular weight excluding hydrogens is 361 g/mol. The van der Waals surface area contributed by atoms with Crippen molar-refractivity contribution in [3.05, 3.63) is 30.1 Å². The number of piperidine rings is 1. The molecule has 0 spiro atoms. The Hall–Kier alpha value is -1.86. The summed E-state index contributed by atoms with van der Waals surface area (Å²) in [5.41, 5.74) is 0. The van der Waals surface area contributed by atoms with Crippen molar-refractivity contribution in [3.63, 3.8) is 0 Å². The molecule has 1 aliphatic carbocycles. The molecule has 1 aromatic rings. The van der Waals surface area contributed by atoms with Crippen molar-refractivity contribution in [1.82, 2.24) is 15.5 Å². The minimum atomic E-state index is -0.607. The van der Waals surface area contributed by atoms with Gasteiger partial charge in [0.15, 0.2) is 0 Å². The van der Waals surface area contributed by atoms with E-state index in [0.29, 0.717) is 18.3 Å². The summed E-state index contributed by atoms with van der Waals surface area (Å²) in [5.74, 6) is 0.240. The van der Waals surface area contributed by atoms with Crippen molar-refractivity contribution in [2.75, 3.05) is 26.2 Å². The third-order valence-electron chi connectivity index (χ3n) is 5.59. The second kappa shape index (κ2) is 10.6. The van der Waals surface area contributed by atoms with Gasteiger partial charge in [0.2, 0.25) is 0 Å². The van der Waals surface area contributed by atoms with Crippen LogP contribution in [0.4, 0.5) is 9.18 Å². The van der Waals surface area contributed by atoms with E-state index in [-0.39, 0.29) is 24.5 Å². The summed E-state index contributed by atoms with van der Waals surface area (Å²) in [5, 5.41) is 16.4. The fraction of sp³-hybridized carbons (Fsp3) is 0.667. The van der Waals surface area contributed by atoms with E-state index in [1.165, 1.54) is 31.4 Å². The van der Waals surface area contributed by atoms with E-state index in [1.54, 1.807) is 12.1 Å². The highest BCUT2D eigenvalue weighted by atomic mass is 19.1. The van der Waals surface area contributed by atoms with Crippen LogP contribution in [0.1, 0.15) is 44.9 Å². The van der Waals surface area contributed by atoms with Crippen molar-refractivity contribution in [1.29, 1.82) is 0 Å². The highest BCUT2D eigenvalue weighted by Crippen LogP contribution is 2.17. The normalized spacial score (nSPS) is 20.5. The van der Waals surface area contributed by atoms with Crippen LogP contribution in [0.3, 0.4) is 0 Å². The van der Waals surface area contributed by atoms with Crippen molar-refractivity contribution < 1.29 is 19.0 Å². The zero-order chi connectivity index (χ0) is 19.8. The standard InChI is InChI=1S/C21H32FN3O3/c22-16-6-8-20(9-7-16)28-15-19(26)14-25-12-10-18(11-13-25)24-21(27)23-17-4-2-1-3-5-17/h6-9,17-19,26H,1-5,10-15H2,(H2,23,24,27). The summed E-state index contributed by atoms with van der Waals surface area (Å²) in [6.45, 7) is 2.37. The average Bonchev–Trinajstić information content (AvgIpc) is 2.70. The summed E-state index contributed by atoms with van der Waals surface area (Å²) < 4.78 is 18.4. The van der Waals surface area contributed by atoms with Gasteiger partial charge in [-0.2, -0.15) is 0 Å². The first kappa shape index (κ1) is 20.9. The molecule has 3 rings (SSSR count). The molecule has 2 fully saturated rings. The number of rotatable bonds is 7. The fourth-order valence-corrected chi connectivity index (χ4v) is 3.99. The third kappa shape index (κ3) is 6.95. The Morgan fingerprint density at radius 1 is 1.07 bits per heavy atom. The number of likely N-dealkylation sites (tertiary alicyclic amines) is 1. The smallest absolute Gasteiger partial charge is 0.315 e. The molecule has 1 unspecified atom stereocenters. The van der Waals surface area contributed by atoms with Gasteiger partial charge in [-0.3, -0.25) is 0 Å². The number of aliphatic hydroxyl groups is 1. The van der Waals surface area contributed by atoms with Gasteiger partial charge >= 0.3 is 6.03 Å². The Morgan fingerprint density at radius 3 is 2.32 bits per heavy atom. The molecule has 7 heteroatoms. The number of amides is 2. The third-order valence-corrected chi connectivity index (χ3v) is 5.59. The number of nitrogens with zero attached hydrogens (tertiary/aromatic N) is 1. The number of benzene rings is 1. The van der Waals surface area contributed by atoms with Crippen LogP contribution in [0.25, 0.3) is 0 Å². The summed E-state index contributed by atoms with van der Waals surface area (Å²) >= 11 is 0. The maximum absolute atomic E-state index is 12.9. The zero-order valence-corrected chi connectivity index (χ0v) is 16.4. The summed E-state index contributed by atoms with van der Waals surface area (Å²) in [6.07, 6.45) is 7.01. The number of nitrogens with one attached hydrogen (secondary N) is 2. The van der Waals surface area contributed by atoms with Gasteiger partial charge in [-0.15, -0.1) is 0 Å². The number of halogens is 1. The van der Waals surface area contributed by atoms with Crippen molar-refractivity contribution >= 4 is 6.03 Å². The molecule has 2 aliphatic rings. The maximum Gasteiger partial charge on any atom is 0.315 e. The summed E-state index contributed by atoms with van der Waals surface area (Å²) in [6, 6.07) is 6.25. The van der Waals surface area contributed by atoms with Crippen molar-refractivity contribution in [2.24, 2.45) is 0 Å². The minimum absolute atomic E-state index is 0.0434. The lowest BCUT2D eigenvalue weighted by atomic mass is 9.96. The van der Waals surface area contributed by atoms with Gasteiger partial charge in [0.1, 0.15) is 24.3 Å². The van der Waals surface area contributed by atoms with E-state index < -0.39 is 6.10 Å². The number of aliphatic hydroxyl groups excluding tert-OH is 1. The van der Waals surface area contributed by atoms with Crippen molar-refractivity contribution in [3.8, 4) is 5.75 Å². The molecule has 3 N–H and O–H groups in total. The highest BCUT2D eigenvalue weighted by molar-refractivity contribution is 5.74. The average molecular weight is 394 g/mol. The molecule has 1 atom stereocenters. The Bertz CT molecular complexity index is 599. The second-order valence-electron chi connectivity index (χ2n) is 7.95. The Morgan fingerprint density at radius 2 is 1.68 bits per heavy atom. The summed E-state index contributed by atoms with van der Waals surface area (Å²) in [7, 11) is 0. The van der Waals surface area contributed by atoms with E-state index in [0.717, 1.165) is 38.8 Å². The first-order valence-electron chi connectivity index (χ1n) is 10.4. The van der Waals surface area contributed by atoms with E-state index in [2.05, 4.69) is 15.5 Å². The number of β-amino-alcohol motifs (C(OH)–C–C–N with tert-alkyl or cyclic N) is 1. The molecule has 0 radical (unpaired) electrons. The van der Waals surface area contributed by atoms with E-state index >= 15 is 0 Å². The first-order valence-corrected chi connectivity index (χ1v) is 10.4. The maximum atomic E-state index is 12.9. The largest absolute Gasteiger partial charge is 0.491 e. The van der Waals surface area contributed by atoms with Gasteiger partial charge in [-0.25, -0.2) is 9.18 Å². The molecule has 1 aromatic carbocycles. The Labute approximate surface area is 166 Å². The second-order valence-corrected chi connectivity index (χ2v) is 7.95. The molecule has 0 aromatic heterocycles. The molecular formula is C21H32FN3O3. The van der Waals surface area contributed by atoms with Gasteiger partial charge in [0.05, 0.1) is 0 Å². The SMILES string of the molecule is O=C(NC1CCCCC1)NC1CCN(CC(O)COc2ccc(F)cc2)CC1. The lowest BCUT2D eigenvalue weighted by Crippen LogP contribution is -2.51. The molecule has 1 saturated carbocycles. The summed E-state index contributed by atoms with van der Waals surface area (Å²) in [4.78, 5) is 14.4. The monoisotopic (exact) mass is 393 g/mol. The number of ether oxygens (including phenoxy) is 1. The topological polar surface area (TPSA) is 73.8 Å². The number of carbonyl (C=O) groups is 1. The van der Waals surface area contributed by atoms with Gasteiger partial charge in [0.25, 0.3) is 0 Å². The van der Waals surface area contributed by atoms with Crippen LogP contribution in [-0.2, 0) is 0 Å². The van der Waals surface area contributed by atoms with E-state index in [1.807, 2.05) is 0 Å². The number of urea groups is 1. The van der Waals surface area contributed by atoms with Gasteiger partial charge < -0.3 is 25.4 Å². The van der Waals surface area contributed by atoms with Crippen LogP contribution < -0.4 is 15.4 Å². The van der Waals surface area contributed by atoms with Gasteiger partial charge in [-0.1, -0.05) is 19.3 Å². The molecule has 156 valence electrons. The predicted molar refractivity (Wildman–Crippen MR) is 106 cm³/mol. The zero-order valence-electron chi connectivity index (χ0n) is 16.4. The van der Waals surface area contributed by atoms with Crippen molar-refractivity contribution in [2.45, 2.75) is 63.1 Å². The molecule has 1 heterocycles. The Kier molecular flexibility index (Phi) is 7.91. The fourth-order valence-electron chi connectivity index (χ4n) is 3.99. The molecule has 1 aliphatic heterocycles.